The number of hydrogen-bond acceptors (Lipinski definition) is 4. The number of aromatic nitrogens is 1. The molecule has 3 aromatic carbocycles. The second-order valence-corrected chi connectivity index (χ2v) is 7.21. The van der Waals surface area contributed by atoms with Crippen LogP contribution in [0.15, 0.2) is 83.0 Å². The van der Waals surface area contributed by atoms with Gasteiger partial charge in [0.25, 0.3) is 5.91 Å². The van der Waals surface area contributed by atoms with Gasteiger partial charge in [0.15, 0.2) is 5.69 Å². The van der Waals surface area contributed by atoms with Crippen molar-refractivity contribution in [3.8, 4) is 5.88 Å². The predicted molar refractivity (Wildman–Crippen MR) is 119 cm³/mol. The van der Waals surface area contributed by atoms with Gasteiger partial charge in [-0.3, -0.25) is 9.59 Å². The normalized spacial score (nSPS) is 11.2. The highest BCUT2D eigenvalue weighted by atomic mass is 19.1. The molecule has 0 saturated carbocycles. The Morgan fingerprint density at radius 3 is 2.53 bits per heavy atom. The third kappa shape index (κ3) is 4.39. The van der Waals surface area contributed by atoms with Crippen LogP contribution in [0.4, 0.5) is 15.8 Å². The summed E-state index contributed by atoms with van der Waals surface area (Å²) in [4.78, 5) is 24.9. The van der Waals surface area contributed by atoms with E-state index in [1.54, 1.807) is 30.3 Å². The standard InChI is InChI=1S/C24H19FN4O3/c1-15-5-4-6-18(13-15)26-21(30)14-29-20-8-3-2-7-19(20)22(24(29)32)27-28-23(31)16-9-11-17(25)12-10-16/h2-13,32H,14H2,1H3,(H,26,30). The van der Waals surface area contributed by atoms with Crippen LogP contribution in [0.3, 0.4) is 0 Å². The Kier molecular flexibility index (Phi) is 5.76. The van der Waals surface area contributed by atoms with E-state index in [-0.39, 0.29) is 29.6 Å². The number of nitrogens with zero attached hydrogens (tertiary/aromatic N) is 3. The van der Waals surface area contributed by atoms with Crippen molar-refractivity contribution in [3.05, 3.63) is 89.7 Å². The average Bonchev–Trinajstić information content (AvgIpc) is 3.03. The van der Waals surface area contributed by atoms with Crippen molar-refractivity contribution >= 4 is 34.1 Å². The summed E-state index contributed by atoms with van der Waals surface area (Å²) in [6.45, 7) is 1.76. The second kappa shape index (κ2) is 8.81. The Labute approximate surface area is 182 Å². The zero-order chi connectivity index (χ0) is 22.7. The third-order valence-corrected chi connectivity index (χ3v) is 4.85. The van der Waals surface area contributed by atoms with Crippen molar-refractivity contribution in [1.82, 2.24) is 4.57 Å². The lowest BCUT2D eigenvalue weighted by atomic mass is 10.2. The number of benzene rings is 3. The minimum Gasteiger partial charge on any atom is -0.493 e. The monoisotopic (exact) mass is 430 g/mol. The molecule has 1 aromatic heterocycles. The van der Waals surface area contributed by atoms with Crippen LogP contribution in [0, 0.1) is 12.7 Å². The summed E-state index contributed by atoms with van der Waals surface area (Å²) in [5.41, 5.74) is 2.45. The van der Waals surface area contributed by atoms with Gasteiger partial charge in [-0.2, -0.15) is 0 Å². The first-order valence-corrected chi connectivity index (χ1v) is 9.81. The molecule has 0 aliphatic carbocycles. The zero-order valence-electron chi connectivity index (χ0n) is 17.1. The summed E-state index contributed by atoms with van der Waals surface area (Å²) in [6, 6.07) is 19.2. The number of anilines is 1. The molecular weight excluding hydrogens is 411 g/mol. The highest BCUT2D eigenvalue weighted by molar-refractivity contribution is 5.99. The molecular formula is C24H19FN4O3. The van der Waals surface area contributed by atoms with Crippen molar-refractivity contribution < 1.29 is 19.1 Å². The van der Waals surface area contributed by atoms with Crippen LogP contribution >= 0.6 is 0 Å². The lowest BCUT2D eigenvalue weighted by Crippen LogP contribution is -2.18. The molecule has 0 radical (unpaired) electrons. The third-order valence-electron chi connectivity index (χ3n) is 4.85. The minimum atomic E-state index is -0.682. The Balaban J connectivity index is 1.62. The molecule has 4 aromatic rings. The fourth-order valence-corrected chi connectivity index (χ4v) is 3.34. The van der Waals surface area contributed by atoms with E-state index in [0.29, 0.717) is 16.6 Å². The van der Waals surface area contributed by atoms with Gasteiger partial charge in [0.1, 0.15) is 12.4 Å². The van der Waals surface area contributed by atoms with E-state index in [4.69, 9.17) is 0 Å². The average molecular weight is 430 g/mol. The second-order valence-electron chi connectivity index (χ2n) is 7.21. The number of fused-ring (bicyclic) bond motifs is 1. The summed E-state index contributed by atoms with van der Waals surface area (Å²) < 4.78 is 14.5. The zero-order valence-corrected chi connectivity index (χ0v) is 17.1. The molecule has 0 aliphatic rings. The molecule has 8 heteroatoms. The van der Waals surface area contributed by atoms with Gasteiger partial charge in [-0.05, 0) is 55.0 Å². The van der Waals surface area contributed by atoms with Gasteiger partial charge < -0.3 is 15.0 Å². The van der Waals surface area contributed by atoms with Crippen LogP contribution in [0.2, 0.25) is 0 Å². The fraction of sp³-hybridized carbons (Fsp3) is 0.0833. The highest BCUT2D eigenvalue weighted by Gasteiger charge is 2.19. The first kappa shape index (κ1) is 20.9. The van der Waals surface area contributed by atoms with Crippen LogP contribution in [0.25, 0.3) is 10.9 Å². The number of nitrogens with one attached hydrogen (secondary N) is 1. The Bertz CT molecular complexity index is 1340. The number of aryl methyl sites for hydroxylation is 1. The molecule has 0 spiro atoms. The largest absolute Gasteiger partial charge is 0.493 e. The number of hydrogen-bond donors (Lipinski definition) is 2. The van der Waals surface area contributed by atoms with Crippen LogP contribution < -0.4 is 5.32 Å². The molecule has 32 heavy (non-hydrogen) atoms. The molecule has 1 heterocycles. The molecule has 7 nitrogen and oxygen atoms in total. The summed E-state index contributed by atoms with van der Waals surface area (Å²) in [7, 11) is 0. The van der Waals surface area contributed by atoms with Crippen LogP contribution in [-0.2, 0) is 11.3 Å². The number of rotatable bonds is 5. The maximum Gasteiger partial charge on any atom is 0.295 e. The Morgan fingerprint density at radius 1 is 1.03 bits per heavy atom. The van der Waals surface area contributed by atoms with Crippen LogP contribution in [0.1, 0.15) is 15.9 Å². The lowest BCUT2D eigenvalue weighted by Gasteiger charge is -2.09. The molecule has 0 bridgehead atoms. The maximum atomic E-state index is 13.1. The van der Waals surface area contributed by atoms with Gasteiger partial charge in [-0.1, -0.05) is 30.3 Å². The SMILES string of the molecule is Cc1cccc(NC(=O)Cn2c(O)c(N=NC(=O)c3ccc(F)cc3)c3ccccc32)c1. The van der Waals surface area contributed by atoms with Gasteiger partial charge in [0, 0.05) is 16.6 Å². The van der Waals surface area contributed by atoms with Gasteiger partial charge in [0.2, 0.25) is 11.8 Å². The van der Waals surface area contributed by atoms with E-state index in [1.807, 2.05) is 25.1 Å². The number of amides is 2. The van der Waals surface area contributed by atoms with E-state index in [9.17, 15) is 19.1 Å². The van der Waals surface area contributed by atoms with Gasteiger partial charge in [0.05, 0.1) is 5.52 Å². The first-order valence-electron chi connectivity index (χ1n) is 9.81. The molecule has 0 saturated heterocycles. The van der Waals surface area contributed by atoms with E-state index in [0.717, 1.165) is 17.7 Å². The Hall–Kier alpha value is -4.33. The van der Waals surface area contributed by atoms with Crippen molar-refractivity contribution in [1.29, 1.82) is 0 Å². The molecule has 2 amide bonds. The fourth-order valence-electron chi connectivity index (χ4n) is 3.34. The quantitative estimate of drug-likeness (QED) is 0.417. The predicted octanol–water partition coefficient (Wildman–Crippen LogP) is 5.36. The van der Waals surface area contributed by atoms with E-state index >= 15 is 0 Å². The summed E-state index contributed by atoms with van der Waals surface area (Å²) >= 11 is 0. The van der Waals surface area contributed by atoms with E-state index in [1.165, 1.54) is 16.7 Å². The maximum absolute atomic E-state index is 13.1. The van der Waals surface area contributed by atoms with Gasteiger partial charge in [-0.25, -0.2) is 4.39 Å². The van der Waals surface area contributed by atoms with Gasteiger partial charge in [-0.15, -0.1) is 10.2 Å². The first-order chi connectivity index (χ1) is 15.4. The minimum absolute atomic E-state index is 0.0689. The molecule has 2 N–H and O–H groups in total. The number of para-hydroxylation sites is 1. The molecule has 0 fully saturated rings. The smallest absolute Gasteiger partial charge is 0.295 e. The van der Waals surface area contributed by atoms with E-state index in [2.05, 4.69) is 15.5 Å². The molecule has 0 atom stereocenters. The number of aromatic hydroxyl groups is 1. The topological polar surface area (TPSA) is 96.1 Å². The summed E-state index contributed by atoms with van der Waals surface area (Å²) in [6.07, 6.45) is 0. The van der Waals surface area contributed by atoms with Gasteiger partial charge >= 0.3 is 0 Å². The van der Waals surface area contributed by atoms with Crippen LogP contribution in [-0.4, -0.2) is 21.5 Å². The van der Waals surface area contributed by atoms with Crippen molar-refractivity contribution in [3.63, 3.8) is 0 Å². The van der Waals surface area contributed by atoms with Crippen molar-refractivity contribution in [2.75, 3.05) is 5.32 Å². The summed E-state index contributed by atoms with van der Waals surface area (Å²) in [5, 5.41) is 21.7. The summed E-state index contributed by atoms with van der Waals surface area (Å²) in [5.74, 6) is -1.78. The molecule has 160 valence electrons. The number of halogens is 1. The van der Waals surface area contributed by atoms with E-state index < -0.39 is 11.7 Å². The number of azo groups is 1. The molecule has 0 aliphatic heterocycles. The lowest BCUT2D eigenvalue weighted by molar-refractivity contribution is -0.116. The highest BCUT2D eigenvalue weighted by Crippen LogP contribution is 2.38. The number of carbonyl (C=O) groups is 2. The van der Waals surface area contributed by atoms with Crippen LogP contribution in [0.5, 0.6) is 5.88 Å². The molecule has 4 rings (SSSR count). The Morgan fingerprint density at radius 2 is 1.78 bits per heavy atom. The van der Waals surface area contributed by atoms with Crippen molar-refractivity contribution in [2.45, 2.75) is 13.5 Å². The molecule has 0 unspecified atom stereocenters. The van der Waals surface area contributed by atoms with Crippen molar-refractivity contribution in [2.24, 2.45) is 10.2 Å². The number of carbonyl (C=O) groups excluding carboxylic acids is 2.